The van der Waals surface area contributed by atoms with Crippen LogP contribution in [0.1, 0.15) is 27.7 Å². The first kappa shape index (κ1) is 20.4. The first-order valence-corrected chi connectivity index (χ1v) is 9.22. The van der Waals surface area contributed by atoms with Crippen LogP contribution < -0.4 is 14.8 Å². The molecule has 0 fully saturated rings. The van der Waals surface area contributed by atoms with E-state index >= 15 is 0 Å². The highest BCUT2D eigenvalue weighted by Crippen LogP contribution is 2.17. The Morgan fingerprint density at radius 1 is 1.12 bits per heavy atom. The lowest BCUT2D eigenvalue weighted by Crippen LogP contribution is -2.40. The quantitative estimate of drug-likeness (QED) is 0.694. The predicted octanol–water partition coefficient (Wildman–Crippen LogP) is 1.29. The molecule has 0 bridgehead atoms. The monoisotopic (exact) mass is 358 g/mol. The van der Waals surface area contributed by atoms with Crippen molar-refractivity contribution in [2.75, 3.05) is 13.7 Å². The summed E-state index contributed by atoms with van der Waals surface area (Å²) in [6.45, 7) is 7.36. The van der Waals surface area contributed by atoms with Crippen molar-refractivity contribution in [2.24, 2.45) is 0 Å². The molecule has 24 heavy (non-hydrogen) atoms. The number of hydrogen-bond acceptors (Lipinski definition) is 5. The summed E-state index contributed by atoms with van der Waals surface area (Å²) in [6.07, 6.45) is -0.672. The Kier molecular flexibility index (Phi) is 7.65. The number of sulfonamides is 1. The highest BCUT2D eigenvalue weighted by molar-refractivity contribution is 7.89. The number of nitrogens with one attached hydrogen (secondary N) is 2. The summed E-state index contributed by atoms with van der Waals surface area (Å²) in [7, 11) is -2.12. The fourth-order valence-electron chi connectivity index (χ4n) is 1.97. The van der Waals surface area contributed by atoms with E-state index < -0.39 is 16.1 Å². The van der Waals surface area contributed by atoms with E-state index in [0.717, 1.165) is 0 Å². The summed E-state index contributed by atoms with van der Waals surface area (Å²) >= 11 is 0. The highest BCUT2D eigenvalue weighted by atomic mass is 32.2. The Morgan fingerprint density at radius 3 is 2.21 bits per heavy atom. The van der Waals surface area contributed by atoms with Gasteiger partial charge in [-0.25, -0.2) is 13.1 Å². The molecule has 0 saturated carbocycles. The lowest BCUT2D eigenvalue weighted by molar-refractivity contribution is -0.127. The Morgan fingerprint density at radius 2 is 1.71 bits per heavy atom. The second-order valence-corrected chi connectivity index (χ2v) is 7.59. The van der Waals surface area contributed by atoms with E-state index in [9.17, 15) is 13.2 Å². The van der Waals surface area contributed by atoms with Gasteiger partial charge in [0.2, 0.25) is 10.0 Å². The zero-order valence-electron chi connectivity index (χ0n) is 14.7. The second-order valence-electron chi connectivity index (χ2n) is 5.87. The van der Waals surface area contributed by atoms with Crippen molar-refractivity contribution >= 4 is 15.9 Å². The molecule has 2 N–H and O–H groups in total. The molecule has 8 heteroatoms. The number of ether oxygens (including phenoxy) is 2. The van der Waals surface area contributed by atoms with Gasteiger partial charge in [0, 0.05) is 19.2 Å². The van der Waals surface area contributed by atoms with Gasteiger partial charge in [-0.15, -0.1) is 0 Å². The summed E-state index contributed by atoms with van der Waals surface area (Å²) in [5.41, 5.74) is 0. The molecular formula is C16H26N2O5S. The first-order valence-electron chi connectivity index (χ1n) is 7.74. The molecule has 1 aromatic rings. The van der Waals surface area contributed by atoms with Crippen LogP contribution in [-0.2, 0) is 19.6 Å². The minimum atomic E-state index is -3.62. The molecule has 0 spiro atoms. The van der Waals surface area contributed by atoms with Crippen LogP contribution in [0.5, 0.6) is 5.75 Å². The van der Waals surface area contributed by atoms with Crippen molar-refractivity contribution < 1.29 is 22.7 Å². The van der Waals surface area contributed by atoms with Gasteiger partial charge in [0.15, 0.2) is 6.10 Å². The first-order chi connectivity index (χ1) is 11.2. The molecule has 7 nitrogen and oxygen atoms in total. The predicted molar refractivity (Wildman–Crippen MR) is 91.5 cm³/mol. The van der Waals surface area contributed by atoms with Gasteiger partial charge in [-0.2, -0.15) is 0 Å². The van der Waals surface area contributed by atoms with Crippen molar-refractivity contribution in [3.8, 4) is 5.75 Å². The van der Waals surface area contributed by atoms with Gasteiger partial charge in [-0.3, -0.25) is 4.79 Å². The molecule has 2 atom stereocenters. The number of methoxy groups -OCH3 is 1. The average molecular weight is 358 g/mol. The third-order valence-corrected chi connectivity index (χ3v) is 4.63. The normalized spacial score (nSPS) is 14.2. The molecule has 0 radical (unpaired) electrons. The van der Waals surface area contributed by atoms with Gasteiger partial charge in [0.25, 0.3) is 5.91 Å². The standard InChI is InChI=1S/C16H26N2O5S/c1-11(2)17-16(19)13(4)23-14-6-8-15(9-7-14)24(20,21)18-12(3)10-22-5/h6-9,11-13,18H,10H2,1-5H3,(H,17,19)/t12-,13-/m1/s1. The molecule has 0 aliphatic rings. The number of rotatable bonds is 9. The molecular weight excluding hydrogens is 332 g/mol. The van der Waals surface area contributed by atoms with Crippen LogP contribution in [0.2, 0.25) is 0 Å². The Balaban J connectivity index is 2.73. The number of carbonyl (C=O) groups is 1. The lowest BCUT2D eigenvalue weighted by Gasteiger charge is -2.17. The van der Waals surface area contributed by atoms with E-state index in [1.807, 2.05) is 13.8 Å². The van der Waals surface area contributed by atoms with E-state index in [1.54, 1.807) is 13.8 Å². The van der Waals surface area contributed by atoms with Gasteiger partial charge < -0.3 is 14.8 Å². The molecule has 1 amide bonds. The van der Waals surface area contributed by atoms with Crippen LogP contribution in [0, 0.1) is 0 Å². The largest absolute Gasteiger partial charge is 0.481 e. The maximum absolute atomic E-state index is 12.2. The van der Waals surface area contributed by atoms with Gasteiger partial charge in [0.1, 0.15) is 5.75 Å². The Hall–Kier alpha value is -1.64. The minimum absolute atomic E-state index is 0.0243. The second kappa shape index (κ2) is 9.00. The topological polar surface area (TPSA) is 93.7 Å². The summed E-state index contributed by atoms with van der Waals surface area (Å²) in [4.78, 5) is 11.9. The molecule has 0 aliphatic heterocycles. The van der Waals surface area contributed by atoms with E-state index in [4.69, 9.17) is 9.47 Å². The zero-order chi connectivity index (χ0) is 18.3. The van der Waals surface area contributed by atoms with Crippen LogP contribution in [-0.4, -0.2) is 46.2 Å². The average Bonchev–Trinajstić information content (AvgIpc) is 2.46. The maximum atomic E-state index is 12.2. The molecule has 0 aliphatic carbocycles. The van der Waals surface area contributed by atoms with Gasteiger partial charge in [0.05, 0.1) is 11.5 Å². The van der Waals surface area contributed by atoms with Crippen molar-refractivity contribution in [1.29, 1.82) is 0 Å². The van der Waals surface area contributed by atoms with E-state index in [1.165, 1.54) is 31.4 Å². The molecule has 1 rings (SSSR count). The fraction of sp³-hybridized carbons (Fsp3) is 0.562. The summed E-state index contributed by atoms with van der Waals surface area (Å²) in [5, 5.41) is 2.75. The molecule has 0 aromatic heterocycles. The number of carbonyl (C=O) groups excluding carboxylic acids is 1. The SMILES string of the molecule is COC[C@@H](C)NS(=O)(=O)c1ccc(O[C@H](C)C(=O)NC(C)C)cc1. The van der Waals surface area contributed by atoms with Crippen molar-refractivity contribution in [3.05, 3.63) is 24.3 Å². The third-order valence-electron chi connectivity index (χ3n) is 3.02. The summed E-state index contributed by atoms with van der Waals surface area (Å²) in [5.74, 6) is 0.196. The van der Waals surface area contributed by atoms with Gasteiger partial charge in [-0.05, 0) is 52.0 Å². The van der Waals surface area contributed by atoms with Crippen molar-refractivity contribution in [1.82, 2.24) is 10.0 Å². The van der Waals surface area contributed by atoms with Gasteiger partial charge >= 0.3 is 0 Å². The highest BCUT2D eigenvalue weighted by Gasteiger charge is 2.19. The fourth-order valence-corrected chi connectivity index (χ4v) is 3.20. The zero-order valence-corrected chi connectivity index (χ0v) is 15.5. The van der Waals surface area contributed by atoms with Crippen LogP contribution >= 0.6 is 0 Å². The molecule has 0 heterocycles. The number of hydrogen-bond donors (Lipinski definition) is 2. The van der Waals surface area contributed by atoms with Crippen molar-refractivity contribution in [2.45, 2.75) is 50.8 Å². The summed E-state index contributed by atoms with van der Waals surface area (Å²) in [6, 6.07) is 5.60. The molecule has 1 aromatic carbocycles. The smallest absolute Gasteiger partial charge is 0.260 e. The lowest BCUT2D eigenvalue weighted by atomic mass is 10.3. The minimum Gasteiger partial charge on any atom is -0.481 e. The van der Waals surface area contributed by atoms with Gasteiger partial charge in [-0.1, -0.05) is 0 Å². The maximum Gasteiger partial charge on any atom is 0.260 e. The van der Waals surface area contributed by atoms with E-state index in [2.05, 4.69) is 10.0 Å². The molecule has 0 saturated heterocycles. The Bertz CT molecular complexity index is 628. The number of amides is 1. The van der Waals surface area contributed by atoms with E-state index in [-0.39, 0.29) is 29.5 Å². The van der Waals surface area contributed by atoms with Crippen LogP contribution in [0.15, 0.2) is 29.2 Å². The van der Waals surface area contributed by atoms with Crippen molar-refractivity contribution in [3.63, 3.8) is 0 Å². The van der Waals surface area contributed by atoms with E-state index in [0.29, 0.717) is 5.75 Å². The Labute approximate surface area is 143 Å². The van der Waals surface area contributed by atoms with Crippen LogP contribution in [0.3, 0.4) is 0 Å². The van der Waals surface area contributed by atoms with Crippen LogP contribution in [0.25, 0.3) is 0 Å². The third kappa shape index (κ3) is 6.46. The number of benzene rings is 1. The molecule has 0 unspecified atom stereocenters. The molecule has 136 valence electrons. The summed E-state index contributed by atoms with van der Waals surface area (Å²) < 4.78 is 37.4. The van der Waals surface area contributed by atoms with Crippen LogP contribution in [0.4, 0.5) is 0 Å².